The molecule has 64 heavy (non-hydrogen) atoms. The second-order valence-corrected chi connectivity index (χ2v) is 16.3. The molecule has 0 aliphatic carbocycles. The standard InChI is InChI=1S/C36H48Cl3NO24/c1-12(41)51-9-20-25(54-13(2)42)23(49)28(57-16(5)45)32(61-20)52-11-22-27(56-15(4)44)30(59-18(7)47)31(60-19(8)48)33(62-22)53-10-21-26(55-14(3)43)24(50)29(58-17(6)46)34(63-21)64-35(40)36(37,38)39/h20-34,40,49-50H,9-11H2,1-8H3/t20-,21-,22-,23+,24+,25-,26-,27-,28-,29-,30+,31-,32-,33-,34?/m1/s1. The van der Waals surface area contributed by atoms with Crippen molar-refractivity contribution in [3.05, 3.63) is 0 Å². The Kier molecular flexibility index (Phi) is 20.2. The third-order valence-electron chi connectivity index (χ3n) is 8.73. The fourth-order valence-corrected chi connectivity index (χ4v) is 6.61. The first-order chi connectivity index (χ1) is 29.7. The summed E-state index contributed by atoms with van der Waals surface area (Å²) in [6.45, 7) is 5.63. The lowest BCUT2D eigenvalue weighted by molar-refractivity contribution is -0.342. The van der Waals surface area contributed by atoms with E-state index in [4.69, 9.17) is 107 Å². The lowest BCUT2D eigenvalue weighted by Gasteiger charge is -2.46. The van der Waals surface area contributed by atoms with Crippen LogP contribution in [0.3, 0.4) is 0 Å². The van der Waals surface area contributed by atoms with Crippen LogP contribution < -0.4 is 0 Å². The van der Waals surface area contributed by atoms with Gasteiger partial charge in [0.05, 0.1) is 13.2 Å². The predicted octanol–water partition coefficient (Wildman–Crippen LogP) is -0.635. The van der Waals surface area contributed by atoms with Crippen molar-refractivity contribution in [2.24, 2.45) is 0 Å². The van der Waals surface area contributed by atoms with Crippen LogP contribution in [0.5, 0.6) is 0 Å². The normalized spacial score (nSPS) is 32.7. The maximum absolute atomic E-state index is 12.5. The van der Waals surface area contributed by atoms with Gasteiger partial charge in [-0.3, -0.25) is 43.8 Å². The van der Waals surface area contributed by atoms with Crippen LogP contribution in [0.4, 0.5) is 0 Å². The zero-order valence-electron chi connectivity index (χ0n) is 35.3. The Hall–Kier alpha value is -4.18. The minimum atomic E-state index is -2.49. The highest BCUT2D eigenvalue weighted by Gasteiger charge is 2.56. The highest BCUT2D eigenvalue weighted by Crippen LogP contribution is 2.35. The van der Waals surface area contributed by atoms with Crippen LogP contribution in [0.2, 0.25) is 0 Å². The quantitative estimate of drug-likeness (QED) is 0.0570. The average Bonchev–Trinajstić information content (AvgIpc) is 3.14. The Labute approximate surface area is 379 Å². The van der Waals surface area contributed by atoms with Crippen molar-refractivity contribution in [2.75, 3.05) is 19.8 Å². The first kappa shape index (κ1) is 54.2. The Balaban J connectivity index is 2.07. The molecule has 362 valence electrons. The lowest BCUT2D eigenvalue weighted by atomic mass is 9.97. The molecule has 0 spiro atoms. The van der Waals surface area contributed by atoms with Crippen molar-refractivity contribution in [1.29, 1.82) is 5.41 Å². The molecule has 0 aromatic carbocycles. The van der Waals surface area contributed by atoms with E-state index in [0.717, 1.165) is 55.4 Å². The van der Waals surface area contributed by atoms with Crippen LogP contribution >= 0.6 is 34.8 Å². The van der Waals surface area contributed by atoms with E-state index in [2.05, 4.69) is 0 Å². The molecule has 0 aromatic rings. The van der Waals surface area contributed by atoms with Crippen LogP contribution in [0.25, 0.3) is 0 Å². The fourth-order valence-electron chi connectivity index (χ4n) is 6.48. The van der Waals surface area contributed by atoms with Gasteiger partial charge in [0.15, 0.2) is 55.3 Å². The SMILES string of the molecule is CC(=O)OC[C@H]1O[C@@H](OC[C@H]2O[C@@H](OC[C@H]3OC(OC(=N)C(Cl)(Cl)Cl)[C@H](OC(C)=O)[C@@H](O)[C@@H]3OC(C)=O)[C@H](OC(C)=O)[C@@H](OC(C)=O)[C@@H]2OC(C)=O)[C@H](OC(C)=O)[C@@H](O)[C@@H]1OC(C)=O. The summed E-state index contributed by atoms with van der Waals surface area (Å²) in [4.78, 5) is 97.6. The number of halogens is 3. The summed E-state index contributed by atoms with van der Waals surface area (Å²) >= 11 is 17.3. The monoisotopic (exact) mass is 983 g/mol. The van der Waals surface area contributed by atoms with Crippen molar-refractivity contribution >= 4 is 88.5 Å². The van der Waals surface area contributed by atoms with Gasteiger partial charge < -0.3 is 76.5 Å². The lowest BCUT2D eigenvalue weighted by Crippen LogP contribution is -2.65. The molecule has 0 saturated carbocycles. The molecule has 3 aliphatic heterocycles. The molecule has 25 nitrogen and oxygen atoms in total. The minimum Gasteiger partial charge on any atom is -0.463 e. The summed E-state index contributed by atoms with van der Waals surface area (Å²) in [7, 11) is 0. The molecule has 0 bridgehead atoms. The van der Waals surface area contributed by atoms with Crippen LogP contribution in [0.1, 0.15) is 55.4 Å². The number of aliphatic hydroxyl groups is 2. The van der Waals surface area contributed by atoms with Gasteiger partial charge >= 0.3 is 47.8 Å². The summed E-state index contributed by atoms with van der Waals surface area (Å²) in [5.41, 5.74) is 0. The van der Waals surface area contributed by atoms with Gasteiger partial charge in [-0.2, -0.15) is 0 Å². The average molecular weight is 985 g/mol. The summed E-state index contributed by atoms with van der Waals surface area (Å²) in [5, 5.41) is 30.7. The molecule has 3 aliphatic rings. The number of hydrogen-bond donors (Lipinski definition) is 3. The fraction of sp³-hybridized carbons (Fsp3) is 0.750. The molecule has 0 amide bonds. The van der Waals surface area contributed by atoms with Gasteiger partial charge in [0, 0.05) is 55.4 Å². The first-order valence-corrected chi connectivity index (χ1v) is 20.0. The van der Waals surface area contributed by atoms with E-state index in [1.165, 1.54) is 0 Å². The van der Waals surface area contributed by atoms with E-state index in [9.17, 15) is 48.6 Å². The third kappa shape index (κ3) is 15.8. The van der Waals surface area contributed by atoms with E-state index < -0.39 is 169 Å². The van der Waals surface area contributed by atoms with Crippen LogP contribution in [-0.4, -0.2) is 180 Å². The Morgan fingerprint density at radius 3 is 1.16 bits per heavy atom. The molecule has 0 aromatic heterocycles. The zero-order valence-corrected chi connectivity index (χ0v) is 37.6. The second-order valence-electron chi connectivity index (χ2n) is 14.0. The maximum Gasteiger partial charge on any atom is 0.303 e. The summed E-state index contributed by atoms with van der Waals surface area (Å²) < 4.78 is 74.9. The van der Waals surface area contributed by atoms with Gasteiger partial charge in [-0.15, -0.1) is 0 Å². The van der Waals surface area contributed by atoms with E-state index in [0.29, 0.717) is 0 Å². The summed E-state index contributed by atoms with van der Waals surface area (Å²) in [6.07, 6.45) is -26.4. The topological polar surface area (TPSA) is 330 Å². The second kappa shape index (κ2) is 23.8. The van der Waals surface area contributed by atoms with E-state index >= 15 is 0 Å². The Morgan fingerprint density at radius 2 is 0.750 bits per heavy atom. The summed E-state index contributed by atoms with van der Waals surface area (Å²) in [5.74, 6) is -8.65. The van der Waals surface area contributed by atoms with Crippen LogP contribution in [-0.2, 0) is 105 Å². The largest absolute Gasteiger partial charge is 0.463 e. The number of aliphatic hydroxyl groups excluding tert-OH is 2. The van der Waals surface area contributed by atoms with Crippen molar-refractivity contribution < 1.29 is 115 Å². The van der Waals surface area contributed by atoms with E-state index in [1.54, 1.807) is 0 Å². The van der Waals surface area contributed by atoms with Gasteiger partial charge in [-0.05, 0) is 0 Å². The molecule has 28 heteroatoms. The summed E-state index contributed by atoms with van der Waals surface area (Å²) in [6, 6.07) is 0. The van der Waals surface area contributed by atoms with Crippen LogP contribution in [0.15, 0.2) is 0 Å². The number of rotatable bonds is 16. The van der Waals surface area contributed by atoms with Gasteiger partial charge in [0.1, 0.15) is 37.1 Å². The van der Waals surface area contributed by atoms with Gasteiger partial charge in [-0.1, -0.05) is 34.8 Å². The van der Waals surface area contributed by atoms with Gasteiger partial charge in [0.2, 0.25) is 12.2 Å². The molecule has 15 atom stereocenters. The molecule has 0 radical (unpaired) electrons. The Morgan fingerprint density at radius 1 is 0.438 bits per heavy atom. The molecule has 3 saturated heterocycles. The van der Waals surface area contributed by atoms with E-state index in [-0.39, 0.29) is 0 Å². The predicted molar refractivity (Wildman–Crippen MR) is 205 cm³/mol. The highest BCUT2D eigenvalue weighted by molar-refractivity contribution is 6.76. The molecular formula is C36H48Cl3NO24. The molecule has 3 heterocycles. The van der Waals surface area contributed by atoms with Crippen molar-refractivity contribution in [3.63, 3.8) is 0 Å². The number of ether oxygens (including phenoxy) is 14. The smallest absolute Gasteiger partial charge is 0.303 e. The molecule has 3 fully saturated rings. The number of carbonyl (C=O) groups excluding carboxylic acids is 8. The highest BCUT2D eigenvalue weighted by atomic mass is 35.6. The van der Waals surface area contributed by atoms with Crippen molar-refractivity contribution in [3.8, 4) is 0 Å². The number of hydrogen-bond acceptors (Lipinski definition) is 25. The number of esters is 8. The minimum absolute atomic E-state index is 0.604. The molecular weight excluding hydrogens is 937 g/mol. The van der Waals surface area contributed by atoms with Gasteiger partial charge in [0.25, 0.3) is 3.79 Å². The van der Waals surface area contributed by atoms with Gasteiger partial charge in [-0.25, -0.2) is 0 Å². The number of nitrogens with one attached hydrogen (secondary N) is 1. The first-order valence-electron chi connectivity index (χ1n) is 18.9. The van der Waals surface area contributed by atoms with E-state index in [1.807, 2.05) is 0 Å². The van der Waals surface area contributed by atoms with Crippen molar-refractivity contribution in [1.82, 2.24) is 0 Å². The molecule has 3 N–H and O–H groups in total. The maximum atomic E-state index is 12.5. The number of alkyl halides is 3. The third-order valence-corrected chi connectivity index (χ3v) is 9.25. The zero-order chi connectivity index (χ0) is 48.4. The molecule has 1 unspecified atom stereocenters. The van der Waals surface area contributed by atoms with Crippen molar-refractivity contribution in [2.45, 2.75) is 151 Å². The molecule has 3 rings (SSSR count). The van der Waals surface area contributed by atoms with Crippen LogP contribution in [0, 0.1) is 5.41 Å². The Bertz CT molecular complexity index is 1730. The number of carbonyl (C=O) groups is 8.